The Morgan fingerprint density at radius 1 is 1.32 bits per heavy atom. The van der Waals surface area contributed by atoms with Crippen molar-refractivity contribution >= 4 is 29.9 Å². The molecule has 2 aromatic rings. The molecule has 1 aromatic heterocycles. The zero-order valence-electron chi connectivity index (χ0n) is 14.2. The highest BCUT2D eigenvalue weighted by atomic mass is 127. The number of hydrogen-bond donors (Lipinski definition) is 2. The number of aliphatic imine (C=N–C) groups is 1. The molecule has 2 heterocycles. The van der Waals surface area contributed by atoms with Crippen LogP contribution in [0.5, 0.6) is 11.5 Å². The van der Waals surface area contributed by atoms with E-state index < -0.39 is 0 Å². The van der Waals surface area contributed by atoms with E-state index in [1.807, 2.05) is 36.8 Å². The third-order valence-corrected chi connectivity index (χ3v) is 3.73. The number of imidazole rings is 1. The van der Waals surface area contributed by atoms with Crippen molar-refractivity contribution in [1.82, 2.24) is 20.2 Å². The van der Waals surface area contributed by atoms with E-state index >= 15 is 0 Å². The first-order valence-electron chi connectivity index (χ1n) is 8.14. The predicted octanol–water partition coefficient (Wildman–Crippen LogP) is 1.90. The maximum atomic E-state index is 5.92. The van der Waals surface area contributed by atoms with Crippen LogP contribution in [0.1, 0.15) is 6.42 Å². The normalized spacial score (nSPS) is 16.0. The minimum absolute atomic E-state index is 0. The minimum atomic E-state index is -0.0376. The van der Waals surface area contributed by atoms with Crippen LogP contribution in [0.25, 0.3) is 0 Å². The maximum Gasteiger partial charge on any atom is 0.191 e. The molecule has 1 aromatic carbocycles. The first-order valence-corrected chi connectivity index (χ1v) is 8.14. The SMILES string of the molecule is CN=C(NCCCn1ccnc1)NCC1COc2ccccc2O1.I. The molecule has 0 spiro atoms. The smallest absolute Gasteiger partial charge is 0.191 e. The van der Waals surface area contributed by atoms with E-state index in [1.165, 1.54) is 0 Å². The van der Waals surface area contributed by atoms with Crippen LogP contribution in [0.3, 0.4) is 0 Å². The number of nitrogens with zero attached hydrogens (tertiary/aromatic N) is 3. The largest absolute Gasteiger partial charge is 0.486 e. The van der Waals surface area contributed by atoms with Gasteiger partial charge in [0.05, 0.1) is 12.9 Å². The number of aryl methyl sites for hydroxylation is 1. The lowest BCUT2D eigenvalue weighted by Gasteiger charge is -2.27. The molecule has 0 amide bonds. The summed E-state index contributed by atoms with van der Waals surface area (Å²) in [5, 5.41) is 6.58. The Morgan fingerprint density at radius 2 is 2.16 bits per heavy atom. The molecular weight excluding hydrogens is 433 g/mol. The Bertz CT molecular complexity index is 663. The Hall–Kier alpha value is -1.97. The second-order valence-electron chi connectivity index (χ2n) is 5.53. The van der Waals surface area contributed by atoms with Crippen LogP contribution >= 0.6 is 24.0 Å². The maximum absolute atomic E-state index is 5.92. The van der Waals surface area contributed by atoms with Crippen LogP contribution in [0.2, 0.25) is 0 Å². The standard InChI is InChI=1S/C17H23N5O2.HI/c1-18-17(20-7-4-9-22-10-8-19-13-22)21-11-14-12-23-15-5-2-3-6-16(15)24-14;/h2-3,5-6,8,10,13-14H,4,7,9,11-12H2,1H3,(H2,18,20,21);1H. The van der Waals surface area contributed by atoms with Gasteiger partial charge in [-0.3, -0.25) is 4.99 Å². The summed E-state index contributed by atoms with van der Waals surface area (Å²) < 4.78 is 13.7. The number of nitrogens with one attached hydrogen (secondary N) is 2. The Morgan fingerprint density at radius 3 is 2.92 bits per heavy atom. The lowest BCUT2D eigenvalue weighted by Crippen LogP contribution is -2.45. The van der Waals surface area contributed by atoms with Crippen molar-refractivity contribution in [3.63, 3.8) is 0 Å². The third-order valence-electron chi connectivity index (χ3n) is 3.73. The minimum Gasteiger partial charge on any atom is -0.486 e. The van der Waals surface area contributed by atoms with E-state index in [1.54, 1.807) is 13.2 Å². The van der Waals surface area contributed by atoms with Crippen molar-refractivity contribution in [2.24, 2.45) is 4.99 Å². The van der Waals surface area contributed by atoms with E-state index in [2.05, 4.69) is 25.2 Å². The van der Waals surface area contributed by atoms with Gasteiger partial charge >= 0.3 is 0 Å². The number of ether oxygens (including phenoxy) is 2. The summed E-state index contributed by atoms with van der Waals surface area (Å²) in [7, 11) is 1.76. The van der Waals surface area contributed by atoms with Crippen LogP contribution in [-0.4, -0.2) is 48.4 Å². The molecule has 0 bridgehead atoms. The second kappa shape index (κ2) is 10.1. The molecule has 2 N–H and O–H groups in total. The van der Waals surface area contributed by atoms with Crippen LogP contribution < -0.4 is 20.1 Å². The number of rotatable bonds is 6. The molecule has 1 aliphatic heterocycles. The summed E-state index contributed by atoms with van der Waals surface area (Å²) >= 11 is 0. The van der Waals surface area contributed by atoms with E-state index in [9.17, 15) is 0 Å². The number of para-hydroxylation sites is 2. The molecule has 7 nitrogen and oxygen atoms in total. The van der Waals surface area contributed by atoms with Crippen LogP contribution in [-0.2, 0) is 6.54 Å². The molecule has 3 rings (SSSR count). The van der Waals surface area contributed by atoms with E-state index in [4.69, 9.17) is 9.47 Å². The number of fused-ring (bicyclic) bond motifs is 1. The van der Waals surface area contributed by atoms with Crippen molar-refractivity contribution < 1.29 is 9.47 Å². The molecule has 8 heteroatoms. The summed E-state index contributed by atoms with van der Waals surface area (Å²) in [4.78, 5) is 8.26. The zero-order chi connectivity index (χ0) is 16.6. The van der Waals surface area contributed by atoms with Crippen molar-refractivity contribution in [3.05, 3.63) is 43.0 Å². The van der Waals surface area contributed by atoms with Gasteiger partial charge in [0.15, 0.2) is 17.5 Å². The molecule has 0 saturated carbocycles. The Balaban J connectivity index is 0.00000225. The third kappa shape index (κ3) is 5.80. The van der Waals surface area contributed by atoms with Gasteiger partial charge in [0.2, 0.25) is 0 Å². The van der Waals surface area contributed by atoms with Gasteiger partial charge in [-0.1, -0.05) is 12.1 Å². The molecule has 136 valence electrons. The average Bonchev–Trinajstić information content (AvgIpc) is 3.14. The van der Waals surface area contributed by atoms with Crippen LogP contribution in [0.4, 0.5) is 0 Å². The van der Waals surface area contributed by atoms with E-state index in [0.29, 0.717) is 13.2 Å². The molecular formula is C17H24IN5O2. The summed E-state index contributed by atoms with van der Waals surface area (Å²) in [6, 6.07) is 7.72. The average molecular weight is 457 g/mol. The van der Waals surface area contributed by atoms with E-state index in [-0.39, 0.29) is 30.1 Å². The molecule has 0 fully saturated rings. The van der Waals surface area contributed by atoms with Crippen molar-refractivity contribution in [2.45, 2.75) is 19.1 Å². The van der Waals surface area contributed by atoms with Gasteiger partial charge in [-0.15, -0.1) is 24.0 Å². The van der Waals surface area contributed by atoms with Gasteiger partial charge in [-0.05, 0) is 18.6 Å². The van der Waals surface area contributed by atoms with Gasteiger partial charge in [-0.2, -0.15) is 0 Å². The van der Waals surface area contributed by atoms with E-state index in [0.717, 1.165) is 37.0 Å². The summed E-state index contributed by atoms with van der Waals surface area (Å²) in [6.45, 7) is 2.93. The second-order valence-corrected chi connectivity index (χ2v) is 5.53. The molecule has 1 aliphatic rings. The number of hydrogen-bond acceptors (Lipinski definition) is 4. The molecule has 25 heavy (non-hydrogen) atoms. The highest BCUT2D eigenvalue weighted by molar-refractivity contribution is 14.0. The monoisotopic (exact) mass is 457 g/mol. The number of guanidine groups is 1. The zero-order valence-corrected chi connectivity index (χ0v) is 16.6. The summed E-state index contributed by atoms with van der Waals surface area (Å²) in [5.41, 5.74) is 0. The van der Waals surface area contributed by atoms with Crippen molar-refractivity contribution in [2.75, 3.05) is 26.7 Å². The fourth-order valence-electron chi connectivity index (χ4n) is 2.48. The molecule has 1 unspecified atom stereocenters. The number of halogens is 1. The van der Waals surface area contributed by atoms with Gasteiger partial charge in [0, 0.05) is 32.5 Å². The number of benzene rings is 1. The first-order chi connectivity index (χ1) is 11.8. The predicted molar refractivity (Wildman–Crippen MR) is 108 cm³/mol. The van der Waals surface area contributed by atoms with Gasteiger partial charge in [-0.25, -0.2) is 4.98 Å². The molecule has 0 aliphatic carbocycles. The quantitative estimate of drug-likeness (QED) is 0.300. The lowest BCUT2D eigenvalue weighted by molar-refractivity contribution is 0.0936. The highest BCUT2D eigenvalue weighted by Gasteiger charge is 2.20. The van der Waals surface area contributed by atoms with Crippen LogP contribution in [0.15, 0.2) is 48.0 Å². The summed E-state index contributed by atoms with van der Waals surface area (Å²) in [6.07, 6.45) is 6.53. The fourth-order valence-corrected chi connectivity index (χ4v) is 2.48. The molecule has 1 atom stereocenters. The Kier molecular flexibility index (Phi) is 7.83. The first kappa shape index (κ1) is 19.4. The van der Waals surface area contributed by atoms with Crippen LogP contribution in [0, 0.1) is 0 Å². The van der Waals surface area contributed by atoms with Crippen molar-refractivity contribution in [3.8, 4) is 11.5 Å². The number of aromatic nitrogens is 2. The van der Waals surface area contributed by atoms with Crippen molar-refractivity contribution in [1.29, 1.82) is 0 Å². The van der Waals surface area contributed by atoms with Gasteiger partial charge in [0.1, 0.15) is 12.7 Å². The fraction of sp³-hybridized carbons (Fsp3) is 0.412. The van der Waals surface area contributed by atoms with Gasteiger partial charge < -0.3 is 24.7 Å². The lowest BCUT2D eigenvalue weighted by atomic mass is 10.2. The van der Waals surface area contributed by atoms with Gasteiger partial charge in [0.25, 0.3) is 0 Å². The molecule has 0 radical (unpaired) electrons. The Labute approximate surface area is 164 Å². The topological polar surface area (TPSA) is 72.7 Å². The highest BCUT2D eigenvalue weighted by Crippen LogP contribution is 2.30. The molecule has 0 saturated heterocycles. The summed E-state index contributed by atoms with van der Waals surface area (Å²) in [5.74, 6) is 2.36.